The molecule has 3 N–H and O–H groups in total. The second-order valence-corrected chi connectivity index (χ2v) is 8.08. The lowest BCUT2D eigenvalue weighted by molar-refractivity contribution is 0.0695. The number of carbonyl (C=O) groups is 1. The topological polar surface area (TPSA) is 88.6 Å². The van der Waals surface area contributed by atoms with Crippen LogP contribution in [-0.4, -0.2) is 34.3 Å². The molecule has 150 valence electrons. The zero-order valence-corrected chi connectivity index (χ0v) is 15.4. The van der Waals surface area contributed by atoms with Crippen molar-refractivity contribution in [3.8, 4) is 0 Å². The Morgan fingerprint density at radius 1 is 1.28 bits per heavy atom. The van der Waals surface area contributed by atoms with Crippen LogP contribution in [0.5, 0.6) is 0 Å². The average Bonchev–Trinajstić information content (AvgIpc) is 3.43. The zero-order chi connectivity index (χ0) is 20.5. The lowest BCUT2D eigenvalue weighted by Gasteiger charge is -2.27. The fourth-order valence-corrected chi connectivity index (χ4v) is 4.45. The second kappa shape index (κ2) is 6.00. The Morgan fingerprint density at radius 3 is 2.69 bits per heavy atom. The number of nitrogens with two attached hydrogens (primary N) is 1. The zero-order valence-electron chi connectivity index (χ0n) is 15.4. The molecule has 1 aromatic carbocycles. The first kappa shape index (κ1) is 18.1. The summed E-state index contributed by atoms with van der Waals surface area (Å²) in [5, 5.41) is 9.07. The Bertz CT molecular complexity index is 1180. The fraction of sp³-hybridized carbons (Fsp3) is 0.333. The van der Waals surface area contributed by atoms with Crippen LogP contribution in [0.25, 0.3) is 10.9 Å². The molecule has 29 heavy (non-hydrogen) atoms. The predicted octanol–water partition coefficient (Wildman–Crippen LogP) is 2.57. The molecule has 0 bridgehead atoms. The summed E-state index contributed by atoms with van der Waals surface area (Å²) in [6.07, 6.45) is 10.1. The highest BCUT2D eigenvalue weighted by Gasteiger charge is 2.43. The van der Waals surface area contributed by atoms with E-state index in [1.54, 1.807) is 4.90 Å². The molecular formula is C21H19F2N3O3. The van der Waals surface area contributed by atoms with E-state index in [9.17, 15) is 14.7 Å². The minimum absolute atomic E-state index is 0.0501. The van der Waals surface area contributed by atoms with Crippen molar-refractivity contribution in [3.05, 3.63) is 64.0 Å². The van der Waals surface area contributed by atoms with Gasteiger partial charge in [0, 0.05) is 31.2 Å². The van der Waals surface area contributed by atoms with Crippen LogP contribution < -0.4 is 16.1 Å². The van der Waals surface area contributed by atoms with Gasteiger partial charge in [0.15, 0.2) is 5.82 Å². The van der Waals surface area contributed by atoms with Crippen molar-refractivity contribution in [2.75, 3.05) is 18.0 Å². The van der Waals surface area contributed by atoms with Gasteiger partial charge in [0.05, 0.1) is 16.4 Å². The van der Waals surface area contributed by atoms with E-state index in [4.69, 9.17) is 5.73 Å². The van der Waals surface area contributed by atoms with Gasteiger partial charge in [0.2, 0.25) is 5.43 Å². The van der Waals surface area contributed by atoms with E-state index >= 15 is 8.78 Å². The molecule has 2 heterocycles. The van der Waals surface area contributed by atoms with E-state index in [0.717, 1.165) is 18.9 Å². The van der Waals surface area contributed by atoms with Gasteiger partial charge in [-0.3, -0.25) is 4.79 Å². The monoisotopic (exact) mass is 399 g/mol. The third kappa shape index (κ3) is 2.62. The van der Waals surface area contributed by atoms with Gasteiger partial charge in [-0.05, 0) is 18.9 Å². The molecule has 5 rings (SSSR count). The standard InChI is InChI=1S/C21H19F2N3O3/c22-15-7-13-17(26(12-4-5-12)9-14(19(13)27)20(28)29)16(23)18(15)25-8-11-3-1-2-6-21(11,24)10-25/h1-3,6-7,9,11-12H,4-5,8,10,24H2,(H,28,29). The average molecular weight is 399 g/mol. The fourth-order valence-electron chi connectivity index (χ4n) is 4.45. The Hall–Kier alpha value is -3.00. The van der Waals surface area contributed by atoms with Crippen molar-refractivity contribution in [2.45, 2.75) is 24.4 Å². The smallest absolute Gasteiger partial charge is 0.341 e. The van der Waals surface area contributed by atoms with Gasteiger partial charge in [-0.25, -0.2) is 13.6 Å². The summed E-state index contributed by atoms with van der Waals surface area (Å²) in [6.45, 7) is 0.580. The SMILES string of the molecule is NC12C=CC=CC1CN(c1c(F)cc3c(=O)c(C(=O)O)cn(C4CC4)c3c1F)C2. The molecule has 3 aliphatic rings. The number of allylic oxidation sites excluding steroid dienone is 2. The third-order valence-corrected chi connectivity index (χ3v) is 6.10. The van der Waals surface area contributed by atoms with Gasteiger partial charge in [-0.15, -0.1) is 0 Å². The van der Waals surface area contributed by atoms with Crippen LogP contribution in [0, 0.1) is 17.6 Å². The minimum Gasteiger partial charge on any atom is -0.477 e. The number of halogens is 2. The highest BCUT2D eigenvalue weighted by atomic mass is 19.1. The lowest BCUT2D eigenvalue weighted by atomic mass is 9.85. The van der Waals surface area contributed by atoms with Crippen molar-refractivity contribution in [2.24, 2.45) is 11.7 Å². The summed E-state index contributed by atoms with van der Waals surface area (Å²) in [4.78, 5) is 25.6. The quantitative estimate of drug-likeness (QED) is 0.828. The number of nitrogens with zero attached hydrogens (tertiary/aromatic N) is 2. The molecular weight excluding hydrogens is 380 g/mol. The summed E-state index contributed by atoms with van der Waals surface area (Å²) in [7, 11) is 0. The molecule has 1 aromatic heterocycles. The summed E-state index contributed by atoms with van der Waals surface area (Å²) in [5.74, 6) is -3.24. The third-order valence-electron chi connectivity index (χ3n) is 6.10. The second-order valence-electron chi connectivity index (χ2n) is 8.08. The first-order chi connectivity index (χ1) is 13.8. The number of benzene rings is 1. The highest BCUT2D eigenvalue weighted by molar-refractivity contribution is 5.94. The predicted molar refractivity (Wildman–Crippen MR) is 104 cm³/mol. The normalized spacial score (nSPS) is 25.6. The molecule has 2 unspecified atom stereocenters. The molecule has 2 atom stereocenters. The molecule has 1 saturated carbocycles. The Balaban J connectivity index is 1.73. The van der Waals surface area contributed by atoms with E-state index in [1.165, 1.54) is 10.8 Å². The number of hydrogen-bond donors (Lipinski definition) is 2. The molecule has 2 aliphatic carbocycles. The van der Waals surface area contributed by atoms with Crippen molar-refractivity contribution in [3.63, 3.8) is 0 Å². The molecule has 6 nitrogen and oxygen atoms in total. The number of carboxylic acid groups (broad SMARTS) is 1. The van der Waals surface area contributed by atoms with E-state index in [-0.39, 0.29) is 35.1 Å². The van der Waals surface area contributed by atoms with Crippen molar-refractivity contribution in [1.29, 1.82) is 0 Å². The lowest BCUT2D eigenvalue weighted by Crippen LogP contribution is -2.46. The van der Waals surface area contributed by atoms with Crippen molar-refractivity contribution < 1.29 is 18.7 Å². The van der Waals surface area contributed by atoms with Gasteiger partial charge in [-0.2, -0.15) is 0 Å². The largest absolute Gasteiger partial charge is 0.477 e. The maximum atomic E-state index is 15.7. The van der Waals surface area contributed by atoms with Crippen LogP contribution in [0.1, 0.15) is 29.2 Å². The number of rotatable bonds is 3. The van der Waals surface area contributed by atoms with Gasteiger partial charge in [0.25, 0.3) is 0 Å². The molecule has 1 saturated heterocycles. The Kier molecular flexibility index (Phi) is 3.73. The summed E-state index contributed by atoms with van der Waals surface area (Å²) < 4.78 is 32.2. The maximum Gasteiger partial charge on any atom is 0.341 e. The van der Waals surface area contributed by atoms with Crippen LogP contribution in [0.3, 0.4) is 0 Å². The number of fused-ring (bicyclic) bond motifs is 2. The van der Waals surface area contributed by atoms with E-state index in [1.807, 2.05) is 24.3 Å². The Morgan fingerprint density at radius 2 is 2.03 bits per heavy atom. The van der Waals surface area contributed by atoms with Crippen LogP contribution in [0.4, 0.5) is 14.5 Å². The molecule has 8 heteroatoms. The van der Waals surface area contributed by atoms with Gasteiger partial charge in [0.1, 0.15) is 17.1 Å². The van der Waals surface area contributed by atoms with E-state index in [0.29, 0.717) is 6.54 Å². The molecule has 0 spiro atoms. The number of pyridine rings is 1. The van der Waals surface area contributed by atoms with E-state index in [2.05, 4.69) is 0 Å². The Labute approximate surface area is 164 Å². The molecule has 2 fully saturated rings. The van der Waals surface area contributed by atoms with Gasteiger partial charge < -0.3 is 20.3 Å². The van der Waals surface area contributed by atoms with Crippen LogP contribution in [0.2, 0.25) is 0 Å². The van der Waals surface area contributed by atoms with E-state index < -0.39 is 34.1 Å². The number of aromatic nitrogens is 1. The molecule has 0 amide bonds. The first-order valence-electron chi connectivity index (χ1n) is 9.50. The van der Waals surface area contributed by atoms with Crippen LogP contribution in [-0.2, 0) is 0 Å². The van der Waals surface area contributed by atoms with Gasteiger partial charge >= 0.3 is 5.97 Å². The molecule has 0 radical (unpaired) electrons. The number of hydrogen-bond acceptors (Lipinski definition) is 4. The number of aromatic carboxylic acids is 1. The maximum absolute atomic E-state index is 15.7. The molecule has 2 aromatic rings. The summed E-state index contributed by atoms with van der Waals surface area (Å²) >= 11 is 0. The summed E-state index contributed by atoms with van der Waals surface area (Å²) in [5.41, 5.74) is 4.06. The number of carboxylic acids is 1. The summed E-state index contributed by atoms with van der Waals surface area (Å²) in [6, 6.07) is 0.856. The van der Waals surface area contributed by atoms with Crippen LogP contribution >= 0.6 is 0 Å². The highest BCUT2D eigenvalue weighted by Crippen LogP contribution is 2.41. The number of anilines is 1. The molecule has 1 aliphatic heterocycles. The van der Waals surface area contributed by atoms with Gasteiger partial charge in [-0.1, -0.05) is 24.3 Å². The van der Waals surface area contributed by atoms with Crippen LogP contribution in [0.15, 0.2) is 41.4 Å². The van der Waals surface area contributed by atoms with Crippen molar-refractivity contribution >= 4 is 22.6 Å². The minimum atomic E-state index is -1.41. The van der Waals surface area contributed by atoms with Crippen molar-refractivity contribution in [1.82, 2.24) is 4.57 Å². The first-order valence-corrected chi connectivity index (χ1v) is 9.50.